The molecule has 0 aliphatic rings. The molecule has 0 radical (unpaired) electrons. The molecule has 0 N–H and O–H groups in total. The summed E-state index contributed by atoms with van der Waals surface area (Å²) >= 11 is 12.5. The first kappa shape index (κ1) is 23.9. The first-order chi connectivity index (χ1) is 17.4. The quantitative estimate of drug-likeness (QED) is 0.214. The van der Waals surface area contributed by atoms with Gasteiger partial charge >= 0.3 is 5.97 Å². The zero-order valence-corrected chi connectivity index (χ0v) is 21.1. The lowest BCUT2D eigenvalue weighted by Gasteiger charge is -2.17. The second-order valence-electron chi connectivity index (χ2n) is 8.32. The Morgan fingerprint density at radius 2 is 1.53 bits per heavy atom. The molecule has 4 aromatic carbocycles. The number of carbonyl (C=O) groups excluding carboxylic acids is 1. The average molecular weight is 517 g/mol. The minimum absolute atomic E-state index is 0.428. The third-order valence-electron chi connectivity index (χ3n) is 5.87. The van der Waals surface area contributed by atoms with Crippen molar-refractivity contribution in [3.63, 3.8) is 0 Å². The third-order valence-corrected chi connectivity index (χ3v) is 6.31. The van der Waals surface area contributed by atoms with E-state index in [9.17, 15) is 4.79 Å². The van der Waals surface area contributed by atoms with E-state index < -0.39 is 12.2 Å². The van der Waals surface area contributed by atoms with Crippen molar-refractivity contribution in [2.24, 2.45) is 0 Å². The maximum atomic E-state index is 12.8. The molecule has 36 heavy (non-hydrogen) atoms. The van der Waals surface area contributed by atoms with E-state index in [1.165, 1.54) is 0 Å². The number of hydrogen-bond donors (Lipinski definition) is 0. The Hall–Kier alpha value is -3.80. The molecule has 0 bridgehead atoms. The van der Waals surface area contributed by atoms with Crippen molar-refractivity contribution in [2.75, 3.05) is 7.11 Å². The molecule has 1 aromatic heterocycles. The Bertz CT molecular complexity index is 1540. The van der Waals surface area contributed by atoms with Gasteiger partial charge in [-0.15, -0.1) is 0 Å². The molecule has 0 aliphatic heterocycles. The highest BCUT2D eigenvalue weighted by Crippen LogP contribution is 2.34. The zero-order valence-electron chi connectivity index (χ0n) is 19.6. The number of nitrogens with zero attached hydrogens (tertiary/aromatic N) is 2. The van der Waals surface area contributed by atoms with E-state index in [4.69, 9.17) is 37.8 Å². The summed E-state index contributed by atoms with van der Waals surface area (Å²) in [5, 5.41) is 7.91. The van der Waals surface area contributed by atoms with Gasteiger partial charge in [-0.05, 0) is 72.3 Å². The van der Waals surface area contributed by atoms with Crippen molar-refractivity contribution < 1.29 is 14.3 Å². The predicted molar refractivity (Wildman–Crippen MR) is 144 cm³/mol. The van der Waals surface area contributed by atoms with Crippen LogP contribution in [0.15, 0.2) is 91.0 Å². The van der Waals surface area contributed by atoms with Gasteiger partial charge in [0.1, 0.15) is 5.75 Å². The molecule has 1 heterocycles. The molecule has 0 spiro atoms. The van der Waals surface area contributed by atoms with Crippen molar-refractivity contribution in [3.05, 3.63) is 107 Å². The summed E-state index contributed by atoms with van der Waals surface area (Å²) in [4.78, 5) is 12.8. The van der Waals surface area contributed by atoms with Crippen molar-refractivity contribution in [1.82, 2.24) is 9.78 Å². The minimum Gasteiger partial charge on any atom is -0.497 e. The highest BCUT2D eigenvalue weighted by Gasteiger charge is 2.20. The summed E-state index contributed by atoms with van der Waals surface area (Å²) < 4.78 is 12.8. The number of ether oxygens (including phenoxy) is 2. The fourth-order valence-electron chi connectivity index (χ4n) is 4.09. The SMILES string of the molecule is COc1ccc2cc(-c3cc(-c4cc(Cl)cc(Cl)c4)nn3[C@H](C)OC(=O)c3ccccc3)ccc2c1. The number of halogens is 2. The van der Waals surface area contributed by atoms with Gasteiger partial charge in [-0.3, -0.25) is 0 Å². The van der Waals surface area contributed by atoms with Gasteiger partial charge in [0.2, 0.25) is 0 Å². The molecule has 0 saturated heterocycles. The number of methoxy groups -OCH3 is 1. The first-order valence-corrected chi connectivity index (χ1v) is 12.1. The van der Waals surface area contributed by atoms with E-state index in [2.05, 4.69) is 6.07 Å². The number of esters is 1. The number of rotatable bonds is 6. The number of fused-ring (bicyclic) bond motifs is 1. The topological polar surface area (TPSA) is 53.4 Å². The van der Waals surface area contributed by atoms with E-state index in [-0.39, 0.29) is 0 Å². The highest BCUT2D eigenvalue weighted by molar-refractivity contribution is 6.35. The predicted octanol–water partition coefficient (Wildman–Crippen LogP) is 8.06. The van der Waals surface area contributed by atoms with Gasteiger partial charge < -0.3 is 9.47 Å². The van der Waals surface area contributed by atoms with Gasteiger partial charge in [-0.25, -0.2) is 9.48 Å². The van der Waals surface area contributed by atoms with Crippen LogP contribution < -0.4 is 4.74 Å². The summed E-state index contributed by atoms with van der Waals surface area (Å²) in [6.07, 6.45) is -0.678. The molecule has 1 atom stereocenters. The Kier molecular flexibility index (Phi) is 6.68. The van der Waals surface area contributed by atoms with Gasteiger partial charge in [-0.2, -0.15) is 5.10 Å². The van der Waals surface area contributed by atoms with Crippen molar-refractivity contribution >= 4 is 39.9 Å². The molecular formula is C29H22Cl2N2O3. The Labute approximate surface area is 218 Å². The lowest BCUT2D eigenvalue weighted by Crippen LogP contribution is -2.17. The van der Waals surface area contributed by atoms with Crippen LogP contribution in [0.2, 0.25) is 10.0 Å². The van der Waals surface area contributed by atoms with Gasteiger partial charge in [0.05, 0.1) is 24.1 Å². The summed E-state index contributed by atoms with van der Waals surface area (Å²) in [6.45, 7) is 1.79. The van der Waals surface area contributed by atoms with Crippen molar-refractivity contribution in [2.45, 2.75) is 13.2 Å². The summed E-state index contributed by atoms with van der Waals surface area (Å²) in [6, 6.07) is 28.1. The molecule has 5 rings (SSSR count). The second-order valence-corrected chi connectivity index (χ2v) is 9.19. The second kappa shape index (κ2) is 10.1. The monoisotopic (exact) mass is 516 g/mol. The Morgan fingerprint density at radius 1 is 0.833 bits per heavy atom. The van der Waals surface area contributed by atoms with Crippen LogP contribution in [0.3, 0.4) is 0 Å². The third kappa shape index (κ3) is 4.94. The average Bonchev–Trinajstić information content (AvgIpc) is 3.34. The fraction of sp³-hybridized carbons (Fsp3) is 0.103. The van der Waals surface area contributed by atoms with Crippen LogP contribution in [0.5, 0.6) is 5.75 Å². The smallest absolute Gasteiger partial charge is 0.340 e. The molecule has 0 aliphatic carbocycles. The molecule has 7 heteroatoms. The summed E-state index contributed by atoms with van der Waals surface area (Å²) in [5.41, 5.74) is 3.60. The Morgan fingerprint density at radius 3 is 2.25 bits per heavy atom. The van der Waals surface area contributed by atoms with Crippen LogP contribution >= 0.6 is 23.2 Å². The molecule has 0 saturated carbocycles. The van der Waals surface area contributed by atoms with Crippen LogP contribution in [0.4, 0.5) is 0 Å². The maximum absolute atomic E-state index is 12.8. The number of carbonyl (C=O) groups is 1. The van der Waals surface area contributed by atoms with Crippen molar-refractivity contribution in [1.29, 1.82) is 0 Å². The number of hydrogen-bond acceptors (Lipinski definition) is 4. The minimum atomic E-state index is -0.678. The van der Waals surface area contributed by atoms with E-state index in [0.29, 0.717) is 21.3 Å². The van der Waals surface area contributed by atoms with Crippen LogP contribution in [0, 0.1) is 0 Å². The molecule has 0 amide bonds. The number of benzene rings is 4. The van der Waals surface area contributed by atoms with E-state index in [0.717, 1.165) is 33.3 Å². The lowest BCUT2D eigenvalue weighted by atomic mass is 10.0. The van der Waals surface area contributed by atoms with E-state index in [1.807, 2.05) is 42.5 Å². The molecule has 5 aromatic rings. The van der Waals surface area contributed by atoms with Gasteiger partial charge in [-0.1, -0.05) is 59.6 Å². The zero-order chi connectivity index (χ0) is 25.2. The van der Waals surface area contributed by atoms with Crippen LogP contribution in [0.25, 0.3) is 33.3 Å². The normalized spacial score (nSPS) is 11.9. The first-order valence-electron chi connectivity index (χ1n) is 11.3. The van der Waals surface area contributed by atoms with Gasteiger partial charge in [0, 0.05) is 21.2 Å². The Balaban J connectivity index is 1.59. The molecular weight excluding hydrogens is 495 g/mol. The van der Waals surface area contributed by atoms with E-state index >= 15 is 0 Å². The van der Waals surface area contributed by atoms with Gasteiger partial charge in [0.15, 0.2) is 6.23 Å². The van der Waals surface area contributed by atoms with E-state index in [1.54, 1.807) is 61.2 Å². The standard InChI is InChI=1S/C29H22Cl2N2O3/c1-18(36-29(34)19-6-4-3-5-7-19)33-28(17-27(32-33)23-13-24(30)16-25(31)14-23)22-9-8-21-15-26(35-2)11-10-20(21)12-22/h3-18H,1-2H3/t18-/m0/s1. The van der Waals surface area contributed by atoms with Gasteiger partial charge in [0.25, 0.3) is 0 Å². The van der Waals surface area contributed by atoms with Crippen LogP contribution in [0.1, 0.15) is 23.5 Å². The molecule has 5 nitrogen and oxygen atoms in total. The van der Waals surface area contributed by atoms with Crippen molar-refractivity contribution in [3.8, 4) is 28.3 Å². The fourth-order valence-corrected chi connectivity index (χ4v) is 4.61. The number of aromatic nitrogens is 2. The summed E-state index contributed by atoms with van der Waals surface area (Å²) in [5.74, 6) is 0.365. The molecule has 0 unspecified atom stereocenters. The molecule has 0 fully saturated rings. The van der Waals surface area contributed by atoms with Crippen LogP contribution in [-0.2, 0) is 4.74 Å². The largest absolute Gasteiger partial charge is 0.497 e. The lowest BCUT2D eigenvalue weighted by molar-refractivity contribution is 0.0125. The highest BCUT2D eigenvalue weighted by atomic mass is 35.5. The maximum Gasteiger partial charge on any atom is 0.340 e. The summed E-state index contributed by atoms with van der Waals surface area (Å²) in [7, 11) is 1.65. The molecule has 180 valence electrons. The van der Waals surface area contributed by atoms with Crippen LogP contribution in [-0.4, -0.2) is 22.9 Å².